The first-order valence-electron chi connectivity index (χ1n) is 11.3. The van der Waals surface area contributed by atoms with Gasteiger partial charge in [-0.15, -0.1) is 0 Å². The van der Waals surface area contributed by atoms with Gasteiger partial charge in [-0.3, -0.25) is 4.79 Å². The maximum absolute atomic E-state index is 13.5. The van der Waals surface area contributed by atoms with Crippen molar-refractivity contribution in [2.24, 2.45) is 7.05 Å². The van der Waals surface area contributed by atoms with Gasteiger partial charge in [-0.1, -0.05) is 17.7 Å². The molecule has 0 aliphatic carbocycles. The van der Waals surface area contributed by atoms with Crippen LogP contribution in [-0.2, 0) is 7.05 Å². The van der Waals surface area contributed by atoms with E-state index in [4.69, 9.17) is 16.0 Å². The van der Waals surface area contributed by atoms with Gasteiger partial charge in [0.25, 0.3) is 0 Å². The van der Waals surface area contributed by atoms with Crippen molar-refractivity contribution >= 4 is 39.2 Å². The second-order valence-corrected chi connectivity index (χ2v) is 9.34. The van der Waals surface area contributed by atoms with Crippen LogP contribution in [0.3, 0.4) is 0 Å². The molecular weight excluding hydrogens is 446 g/mol. The highest BCUT2D eigenvalue weighted by molar-refractivity contribution is 6.29. The summed E-state index contributed by atoms with van der Waals surface area (Å²) in [6.45, 7) is 7.80. The first-order valence-corrected chi connectivity index (χ1v) is 11.6. The third-order valence-electron chi connectivity index (χ3n) is 6.43. The molecule has 5 rings (SSSR count). The van der Waals surface area contributed by atoms with E-state index in [1.807, 2.05) is 52.2 Å². The van der Waals surface area contributed by atoms with E-state index in [1.54, 1.807) is 6.07 Å². The number of nitrogens with one attached hydrogen (secondary N) is 1. The van der Waals surface area contributed by atoms with Crippen molar-refractivity contribution in [3.63, 3.8) is 0 Å². The monoisotopic (exact) mass is 471 g/mol. The van der Waals surface area contributed by atoms with Gasteiger partial charge in [-0.25, -0.2) is 4.98 Å². The first kappa shape index (κ1) is 22.2. The molecule has 0 saturated heterocycles. The molecule has 1 N–H and O–H groups in total. The van der Waals surface area contributed by atoms with Crippen LogP contribution < -0.4 is 10.7 Å². The Morgan fingerprint density at radius 3 is 2.62 bits per heavy atom. The molecule has 34 heavy (non-hydrogen) atoms. The summed E-state index contributed by atoms with van der Waals surface area (Å²) in [4.78, 5) is 17.8. The summed E-state index contributed by atoms with van der Waals surface area (Å²) < 4.78 is 8.60. The Kier molecular flexibility index (Phi) is 5.45. The molecule has 0 bridgehead atoms. The quantitative estimate of drug-likeness (QED) is 0.284. The van der Waals surface area contributed by atoms with E-state index in [9.17, 15) is 4.79 Å². The van der Waals surface area contributed by atoms with Crippen LogP contribution in [0.25, 0.3) is 33.2 Å². The van der Waals surface area contributed by atoms with Crippen LogP contribution in [0.1, 0.15) is 35.3 Å². The molecule has 5 nitrogen and oxygen atoms in total. The molecule has 5 aromatic rings. The predicted octanol–water partition coefficient (Wildman–Crippen LogP) is 7.10. The van der Waals surface area contributed by atoms with Crippen molar-refractivity contribution in [1.82, 2.24) is 9.55 Å². The lowest BCUT2D eigenvalue weighted by Gasteiger charge is -2.19. The minimum atomic E-state index is -0.126. The fraction of sp³-hybridized carbons (Fsp3) is 0.214. The largest absolute Gasteiger partial charge is 0.455 e. The molecule has 0 radical (unpaired) electrons. The minimum Gasteiger partial charge on any atom is -0.455 e. The fourth-order valence-electron chi connectivity index (χ4n) is 4.58. The molecule has 172 valence electrons. The highest BCUT2D eigenvalue weighted by Crippen LogP contribution is 2.33. The second-order valence-electron chi connectivity index (χ2n) is 8.95. The van der Waals surface area contributed by atoms with Gasteiger partial charge in [-0.2, -0.15) is 0 Å². The zero-order valence-electron chi connectivity index (χ0n) is 19.9. The lowest BCUT2D eigenvalue weighted by molar-refractivity contribution is 0.605. The van der Waals surface area contributed by atoms with E-state index in [0.717, 1.165) is 39.0 Å². The van der Waals surface area contributed by atoms with Gasteiger partial charge in [0.05, 0.1) is 22.8 Å². The van der Waals surface area contributed by atoms with Crippen LogP contribution in [0, 0.1) is 20.8 Å². The molecule has 3 aromatic heterocycles. The SMILES string of the molecule is Cc1cc(C(C)Nc2ccc(Cl)nc2C)c2oc(-c3ccc4c(ccn4C)c3)c(C)c(=O)c2c1. The van der Waals surface area contributed by atoms with Gasteiger partial charge in [0.15, 0.2) is 5.43 Å². The molecule has 0 aliphatic heterocycles. The number of fused-ring (bicyclic) bond motifs is 2. The summed E-state index contributed by atoms with van der Waals surface area (Å²) in [6, 6.07) is 15.7. The van der Waals surface area contributed by atoms with Crippen LogP contribution in [0.2, 0.25) is 5.15 Å². The normalized spacial score (nSPS) is 12.4. The lowest BCUT2D eigenvalue weighted by Crippen LogP contribution is -2.13. The predicted molar refractivity (Wildman–Crippen MR) is 140 cm³/mol. The molecule has 0 aliphatic rings. The smallest absolute Gasteiger partial charge is 0.196 e. The van der Waals surface area contributed by atoms with Gasteiger partial charge >= 0.3 is 0 Å². The number of aromatic nitrogens is 2. The van der Waals surface area contributed by atoms with Crippen LogP contribution >= 0.6 is 11.6 Å². The van der Waals surface area contributed by atoms with Gasteiger partial charge < -0.3 is 14.3 Å². The van der Waals surface area contributed by atoms with E-state index in [2.05, 4.69) is 46.1 Å². The van der Waals surface area contributed by atoms with Gasteiger partial charge in [-0.05, 0) is 75.7 Å². The number of benzene rings is 2. The molecule has 0 spiro atoms. The molecule has 6 heteroatoms. The molecule has 0 amide bonds. The van der Waals surface area contributed by atoms with Crippen molar-refractivity contribution in [3.8, 4) is 11.3 Å². The highest BCUT2D eigenvalue weighted by atomic mass is 35.5. The van der Waals surface area contributed by atoms with Crippen molar-refractivity contribution < 1.29 is 4.42 Å². The number of anilines is 1. The maximum atomic E-state index is 13.5. The molecule has 1 atom stereocenters. The summed E-state index contributed by atoms with van der Waals surface area (Å²) in [7, 11) is 2.02. The van der Waals surface area contributed by atoms with Crippen molar-refractivity contribution in [3.05, 3.63) is 92.5 Å². The lowest BCUT2D eigenvalue weighted by atomic mass is 9.98. The van der Waals surface area contributed by atoms with Crippen molar-refractivity contribution in [2.45, 2.75) is 33.7 Å². The summed E-state index contributed by atoms with van der Waals surface area (Å²) >= 11 is 6.03. The molecule has 2 aromatic carbocycles. The fourth-order valence-corrected chi connectivity index (χ4v) is 4.77. The third kappa shape index (κ3) is 3.76. The van der Waals surface area contributed by atoms with E-state index in [1.165, 1.54) is 0 Å². The van der Waals surface area contributed by atoms with Crippen molar-refractivity contribution in [2.75, 3.05) is 5.32 Å². The maximum Gasteiger partial charge on any atom is 0.196 e. The van der Waals surface area contributed by atoms with E-state index < -0.39 is 0 Å². The minimum absolute atomic E-state index is 0.00843. The Morgan fingerprint density at radius 2 is 1.85 bits per heavy atom. The Bertz CT molecular complexity index is 1630. The number of aryl methyl sites for hydroxylation is 3. The Morgan fingerprint density at radius 1 is 1.06 bits per heavy atom. The Labute approximate surface area is 203 Å². The Balaban J connectivity index is 1.68. The van der Waals surface area contributed by atoms with Gasteiger partial charge in [0, 0.05) is 40.8 Å². The third-order valence-corrected chi connectivity index (χ3v) is 6.64. The molecule has 3 heterocycles. The average molecular weight is 472 g/mol. The summed E-state index contributed by atoms with van der Waals surface area (Å²) in [5.41, 5.74) is 6.84. The van der Waals surface area contributed by atoms with E-state index >= 15 is 0 Å². The summed E-state index contributed by atoms with van der Waals surface area (Å²) in [5, 5.41) is 5.66. The van der Waals surface area contributed by atoms with Crippen LogP contribution in [-0.4, -0.2) is 9.55 Å². The first-order chi connectivity index (χ1) is 16.2. The highest BCUT2D eigenvalue weighted by Gasteiger charge is 2.20. The number of hydrogen-bond donors (Lipinski definition) is 1. The standard InChI is InChI=1S/C28H26ClN3O2/c1-15-12-21(17(3)30-23-7-9-25(29)31-18(23)4)28-22(13-15)26(33)16(2)27(34-28)20-6-8-24-19(14-20)10-11-32(24)5/h6-14,17,30H,1-5H3. The topological polar surface area (TPSA) is 60.1 Å². The Hall–Kier alpha value is -3.57. The zero-order valence-corrected chi connectivity index (χ0v) is 20.6. The molecule has 0 saturated carbocycles. The second kappa shape index (κ2) is 8.33. The number of rotatable bonds is 4. The van der Waals surface area contributed by atoms with E-state index in [-0.39, 0.29) is 11.5 Å². The number of nitrogens with zero attached hydrogens (tertiary/aromatic N) is 2. The average Bonchev–Trinajstić information content (AvgIpc) is 3.18. The molecule has 0 fully saturated rings. The number of halogens is 1. The number of pyridine rings is 1. The molecule has 1 unspecified atom stereocenters. The number of hydrogen-bond acceptors (Lipinski definition) is 4. The van der Waals surface area contributed by atoms with Crippen LogP contribution in [0.15, 0.2) is 63.9 Å². The van der Waals surface area contributed by atoms with E-state index in [0.29, 0.717) is 27.4 Å². The van der Waals surface area contributed by atoms with Crippen LogP contribution in [0.4, 0.5) is 5.69 Å². The summed E-state index contributed by atoms with van der Waals surface area (Å²) in [5.74, 6) is 0.602. The molecular formula is C28H26ClN3O2. The van der Waals surface area contributed by atoms with Gasteiger partial charge in [0.1, 0.15) is 16.5 Å². The van der Waals surface area contributed by atoms with Gasteiger partial charge in [0.2, 0.25) is 0 Å². The van der Waals surface area contributed by atoms with Crippen LogP contribution in [0.5, 0.6) is 0 Å². The zero-order chi connectivity index (χ0) is 24.1. The van der Waals surface area contributed by atoms with Crippen molar-refractivity contribution in [1.29, 1.82) is 0 Å². The summed E-state index contributed by atoms with van der Waals surface area (Å²) in [6.07, 6.45) is 2.03.